The van der Waals surface area contributed by atoms with Crippen LogP contribution in [0.25, 0.3) is 0 Å². The highest BCUT2D eigenvalue weighted by Crippen LogP contribution is 2.17. The molecule has 20 heavy (non-hydrogen) atoms. The normalized spacial score (nSPS) is 17.8. The van der Waals surface area contributed by atoms with Crippen LogP contribution in [0.2, 0.25) is 0 Å². The minimum Gasteiger partial charge on any atom is -0.388 e. The number of aliphatic hydroxyl groups excluding tert-OH is 1. The van der Waals surface area contributed by atoms with E-state index in [1.54, 1.807) is 12.1 Å². The molecule has 1 aromatic rings. The van der Waals surface area contributed by atoms with Crippen LogP contribution >= 0.6 is 0 Å². The number of halogens is 1. The topological polar surface area (TPSA) is 26.7 Å². The van der Waals surface area contributed by atoms with Crippen LogP contribution in [0, 0.1) is 5.82 Å². The number of hydrogen-bond donors (Lipinski definition) is 1. The number of rotatable bonds is 7. The summed E-state index contributed by atoms with van der Waals surface area (Å²) in [6, 6.07) is 6.11. The van der Waals surface area contributed by atoms with E-state index in [-0.39, 0.29) is 5.82 Å². The molecule has 0 radical (unpaired) electrons. The van der Waals surface area contributed by atoms with E-state index in [0.29, 0.717) is 6.42 Å². The number of benzene rings is 1. The molecule has 0 aromatic heterocycles. The zero-order chi connectivity index (χ0) is 14.4. The van der Waals surface area contributed by atoms with Gasteiger partial charge in [0.25, 0.3) is 0 Å². The van der Waals surface area contributed by atoms with Crippen molar-refractivity contribution in [3.63, 3.8) is 0 Å². The van der Waals surface area contributed by atoms with Gasteiger partial charge in [-0.2, -0.15) is 0 Å². The number of hydrogen-bond acceptors (Lipinski definition) is 3. The molecule has 3 nitrogen and oxygen atoms in total. The molecule has 0 amide bonds. The molecule has 0 aliphatic carbocycles. The lowest BCUT2D eigenvalue weighted by molar-refractivity contribution is 0.145. The molecule has 1 aromatic carbocycles. The van der Waals surface area contributed by atoms with E-state index in [0.717, 1.165) is 25.2 Å². The third kappa shape index (κ3) is 4.85. The molecule has 1 atom stereocenters. The Balaban J connectivity index is 1.66. The zero-order valence-electron chi connectivity index (χ0n) is 12.3. The highest BCUT2D eigenvalue weighted by atomic mass is 19.1. The highest BCUT2D eigenvalue weighted by molar-refractivity contribution is 5.18. The molecular weight excluding hydrogens is 255 g/mol. The van der Waals surface area contributed by atoms with E-state index in [4.69, 9.17) is 0 Å². The summed E-state index contributed by atoms with van der Waals surface area (Å²) in [5.41, 5.74) is 0.791. The maximum atomic E-state index is 12.8. The molecule has 0 spiro atoms. The van der Waals surface area contributed by atoms with Crippen molar-refractivity contribution in [2.45, 2.75) is 25.4 Å². The van der Waals surface area contributed by atoms with Crippen molar-refractivity contribution in [1.29, 1.82) is 0 Å². The van der Waals surface area contributed by atoms with Crippen LogP contribution in [-0.2, 0) is 0 Å². The molecule has 1 unspecified atom stereocenters. The lowest BCUT2D eigenvalue weighted by Crippen LogP contribution is -2.32. The van der Waals surface area contributed by atoms with E-state index in [9.17, 15) is 9.50 Å². The average molecular weight is 280 g/mol. The van der Waals surface area contributed by atoms with Crippen LogP contribution < -0.4 is 0 Å². The summed E-state index contributed by atoms with van der Waals surface area (Å²) in [4.78, 5) is 4.75. The average Bonchev–Trinajstić information content (AvgIpc) is 2.96. The van der Waals surface area contributed by atoms with Gasteiger partial charge in [-0.15, -0.1) is 0 Å². The smallest absolute Gasteiger partial charge is 0.123 e. The second-order valence-electron chi connectivity index (χ2n) is 5.71. The van der Waals surface area contributed by atoms with Gasteiger partial charge in [0.1, 0.15) is 5.82 Å². The molecular formula is C16H25FN2O. The molecule has 1 aliphatic heterocycles. The van der Waals surface area contributed by atoms with Gasteiger partial charge in [-0.1, -0.05) is 12.1 Å². The Hall–Kier alpha value is -0.970. The molecule has 0 bridgehead atoms. The fraction of sp³-hybridized carbons (Fsp3) is 0.625. The summed E-state index contributed by atoms with van der Waals surface area (Å²) in [7, 11) is 2.09. The standard InChI is InChI=1S/C16H25FN2O/c1-18(12-13-19-9-2-3-10-19)11-8-16(20)14-4-6-15(17)7-5-14/h4-7,16,20H,2-3,8-13H2,1H3. The molecule has 0 saturated carbocycles. The van der Waals surface area contributed by atoms with Gasteiger partial charge in [-0.05, 0) is 57.1 Å². The maximum absolute atomic E-state index is 12.8. The third-order valence-corrected chi connectivity index (χ3v) is 4.04. The van der Waals surface area contributed by atoms with Crippen molar-refractivity contribution < 1.29 is 9.50 Å². The SMILES string of the molecule is CN(CCC(O)c1ccc(F)cc1)CCN1CCCC1. The Morgan fingerprint density at radius 1 is 1.20 bits per heavy atom. The molecule has 112 valence electrons. The fourth-order valence-electron chi connectivity index (χ4n) is 2.62. The van der Waals surface area contributed by atoms with E-state index < -0.39 is 6.10 Å². The minimum atomic E-state index is -0.509. The summed E-state index contributed by atoms with van der Waals surface area (Å²) in [5.74, 6) is -0.260. The second-order valence-corrected chi connectivity index (χ2v) is 5.71. The molecule has 1 N–H and O–H groups in total. The van der Waals surface area contributed by atoms with Crippen LogP contribution in [0.1, 0.15) is 30.9 Å². The van der Waals surface area contributed by atoms with Crippen molar-refractivity contribution in [2.24, 2.45) is 0 Å². The van der Waals surface area contributed by atoms with Gasteiger partial charge >= 0.3 is 0 Å². The van der Waals surface area contributed by atoms with E-state index in [2.05, 4.69) is 16.8 Å². The largest absolute Gasteiger partial charge is 0.388 e. The Morgan fingerprint density at radius 2 is 1.85 bits per heavy atom. The van der Waals surface area contributed by atoms with Crippen LogP contribution in [0.4, 0.5) is 4.39 Å². The number of likely N-dealkylation sites (tertiary alicyclic amines) is 1. The van der Waals surface area contributed by atoms with Crippen molar-refractivity contribution in [3.8, 4) is 0 Å². The Bertz CT molecular complexity index is 390. The van der Waals surface area contributed by atoms with Crippen molar-refractivity contribution in [2.75, 3.05) is 39.8 Å². The lowest BCUT2D eigenvalue weighted by Gasteiger charge is -2.22. The fourth-order valence-corrected chi connectivity index (χ4v) is 2.62. The van der Waals surface area contributed by atoms with E-state index in [1.165, 1.54) is 38.1 Å². The number of nitrogens with zero attached hydrogens (tertiary/aromatic N) is 2. The van der Waals surface area contributed by atoms with Crippen molar-refractivity contribution >= 4 is 0 Å². The second kappa shape index (κ2) is 7.72. The van der Waals surface area contributed by atoms with Gasteiger partial charge in [-0.3, -0.25) is 0 Å². The number of aliphatic hydroxyl groups is 1. The quantitative estimate of drug-likeness (QED) is 0.830. The van der Waals surface area contributed by atoms with Gasteiger partial charge in [0.05, 0.1) is 6.10 Å². The number of likely N-dealkylation sites (N-methyl/N-ethyl adjacent to an activating group) is 1. The monoisotopic (exact) mass is 280 g/mol. The van der Waals surface area contributed by atoms with Gasteiger partial charge < -0.3 is 14.9 Å². The predicted octanol–water partition coefficient (Wildman–Crippen LogP) is 2.28. The summed E-state index contributed by atoms with van der Waals surface area (Å²) >= 11 is 0. The Labute approximate surface area is 121 Å². The Morgan fingerprint density at radius 3 is 2.50 bits per heavy atom. The molecule has 1 saturated heterocycles. The van der Waals surface area contributed by atoms with Gasteiger partial charge in [0.15, 0.2) is 0 Å². The van der Waals surface area contributed by atoms with E-state index in [1.807, 2.05) is 0 Å². The van der Waals surface area contributed by atoms with Crippen molar-refractivity contribution in [3.05, 3.63) is 35.6 Å². The molecule has 4 heteroatoms. The van der Waals surface area contributed by atoms with Gasteiger partial charge in [-0.25, -0.2) is 4.39 Å². The van der Waals surface area contributed by atoms with Gasteiger partial charge in [0, 0.05) is 19.6 Å². The molecule has 1 aliphatic rings. The third-order valence-electron chi connectivity index (χ3n) is 4.04. The minimum absolute atomic E-state index is 0.260. The first-order valence-corrected chi connectivity index (χ1v) is 7.49. The predicted molar refractivity (Wildman–Crippen MR) is 79.1 cm³/mol. The highest BCUT2D eigenvalue weighted by Gasteiger charge is 2.13. The Kier molecular flexibility index (Phi) is 5.95. The molecule has 1 heterocycles. The summed E-state index contributed by atoms with van der Waals surface area (Å²) in [6.07, 6.45) is 2.83. The molecule has 1 fully saturated rings. The summed E-state index contributed by atoms with van der Waals surface area (Å²) in [5, 5.41) is 10.1. The zero-order valence-corrected chi connectivity index (χ0v) is 12.3. The molecule has 2 rings (SSSR count). The maximum Gasteiger partial charge on any atom is 0.123 e. The first-order valence-electron chi connectivity index (χ1n) is 7.49. The first-order chi connectivity index (χ1) is 9.65. The van der Waals surface area contributed by atoms with Crippen LogP contribution in [0.15, 0.2) is 24.3 Å². The summed E-state index contributed by atoms with van der Waals surface area (Å²) < 4.78 is 12.8. The lowest BCUT2D eigenvalue weighted by atomic mass is 10.1. The van der Waals surface area contributed by atoms with Gasteiger partial charge in [0.2, 0.25) is 0 Å². The van der Waals surface area contributed by atoms with Crippen LogP contribution in [0.5, 0.6) is 0 Å². The van der Waals surface area contributed by atoms with Crippen LogP contribution in [0.3, 0.4) is 0 Å². The van der Waals surface area contributed by atoms with Crippen LogP contribution in [-0.4, -0.2) is 54.7 Å². The first kappa shape index (κ1) is 15.4. The van der Waals surface area contributed by atoms with E-state index >= 15 is 0 Å². The summed E-state index contributed by atoms with van der Waals surface area (Å²) in [6.45, 7) is 5.46. The van der Waals surface area contributed by atoms with Crippen molar-refractivity contribution in [1.82, 2.24) is 9.80 Å².